The molecule has 1 heterocycles. The van der Waals surface area contributed by atoms with Gasteiger partial charge in [0.2, 0.25) is 15.9 Å². The van der Waals surface area contributed by atoms with Gasteiger partial charge < -0.3 is 14.8 Å². The van der Waals surface area contributed by atoms with Crippen LogP contribution in [-0.2, 0) is 29.8 Å². The molecular formula is C26H31ClN2O6S. The van der Waals surface area contributed by atoms with Gasteiger partial charge in [-0.05, 0) is 75.4 Å². The van der Waals surface area contributed by atoms with Gasteiger partial charge >= 0.3 is 5.97 Å². The van der Waals surface area contributed by atoms with E-state index in [4.69, 9.17) is 21.1 Å². The summed E-state index contributed by atoms with van der Waals surface area (Å²) in [4.78, 5) is 25.4. The van der Waals surface area contributed by atoms with E-state index in [9.17, 15) is 18.0 Å². The molecule has 1 aliphatic heterocycles. The molecule has 1 aliphatic carbocycles. The standard InChI is InChI=1S/C26H31ClN2O6S/c1-3-34-23-12-11-21(16-22(23)27)36(32,33)29-15-5-6-18(17-29)24(30)28-20-9-7-19(8-10-20)26(13-14-26)25(31)35-4-2/h7-12,16,18H,3-6,13-15,17H2,1-2H3,(H,28,30)/t18-/m1/s1. The number of carbonyl (C=O) groups excluding carboxylic acids is 2. The van der Waals surface area contributed by atoms with Crippen molar-refractivity contribution in [1.82, 2.24) is 4.31 Å². The first kappa shape index (κ1) is 26.4. The maximum atomic E-state index is 13.2. The smallest absolute Gasteiger partial charge is 0.316 e. The Labute approximate surface area is 217 Å². The zero-order chi connectivity index (χ0) is 25.9. The van der Waals surface area contributed by atoms with E-state index in [1.54, 1.807) is 25.1 Å². The highest BCUT2D eigenvalue weighted by Crippen LogP contribution is 2.49. The van der Waals surface area contributed by atoms with Crippen molar-refractivity contribution in [3.63, 3.8) is 0 Å². The van der Waals surface area contributed by atoms with E-state index in [1.165, 1.54) is 16.4 Å². The molecule has 0 radical (unpaired) electrons. The molecule has 0 spiro atoms. The van der Waals surface area contributed by atoms with Gasteiger partial charge in [0.05, 0.1) is 34.5 Å². The van der Waals surface area contributed by atoms with Crippen LogP contribution < -0.4 is 10.1 Å². The van der Waals surface area contributed by atoms with Crippen LogP contribution in [0.4, 0.5) is 5.69 Å². The van der Waals surface area contributed by atoms with Crippen LogP contribution in [0.3, 0.4) is 0 Å². The zero-order valence-corrected chi connectivity index (χ0v) is 22.0. The van der Waals surface area contributed by atoms with Gasteiger partial charge in [0.25, 0.3) is 0 Å². The summed E-state index contributed by atoms with van der Waals surface area (Å²) in [5, 5.41) is 3.12. The summed E-state index contributed by atoms with van der Waals surface area (Å²) in [6.45, 7) is 4.79. The van der Waals surface area contributed by atoms with E-state index < -0.39 is 21.4 Å². The number of anilines is 1. The highest BCUT2D eigenvalue weighted by Gasteiger charge is 2.52. The monoisotopic (exact) mass is 534 g/mol. The minimum absolute atomic E-state index is 0.0724. The Hall–Kier alpha value is -2.62. The number of hydrogen-bond acceptors (Lipinski definition) is 6. The molecule has 2 aromatic carbocycles. The molecule has 4 rings (SSSR count). The van der Waals surface area contributed by atoms with Crippen LogP contribution in [0.5, 0.6) is 5.75 Å². The average Bonchev–Trinajstić information content (AvgIpc) is 3.68. The Morgan fingerprint density at radius 1 is 1.11 bits per heavy atom. The third kappa shape index (κ3) is 5.38. The van der Waals surface area contributed by atoms with E-state index in [2.05, 4.69) is 5.32 Å². The first-order valence-corrected chi connectivity index (χ1v) is 14.0. The molecule has 10 heteroatoms. The molecule has 8 nitrogen and oxygen atoms in total. The molecule has 0 bridgehead atoms. The summed E-state index contributed by atoms with van der Waals surface area (Å²) >= 11 is 6.20. The fourth-order valence-corrected chi connectivity index (χ4v) is 6.41. The number of esters is 1. The van der Waals surface area contributed by atoms with Gasteiger partial charge in [-0.2, -0.15) is 4.31 Å². The molecule has 0 unspecified atom stereocenters. The Morgan fingerprint density at radius 2 is 1.83 bits per heavy atom. The van der Waals surface area contributed by atoms with Gasteiger partial charge in [-0.25, -0.2) is 8.42 Å². The first-order chi connectivity index (χ1) is 17.2. The molecule has 1 amide bonds. The van der Waals surface area contributed by atoms with Crippen LogP contribution in [0, 0.1) is 5.92 Å². The summed E-state index contributed by atoms with van der Waals surface area (Å²) in [7, 11) is -3.81. The van der Waals surface area contributed by atoms with E-state index in [0.717, 1.165) is 18.4 Å². The van der Waals surface area contributed by atoms with Crippen LogP contribution in [0.1, 0.15) is 45.1 Å². The summed E-state index contributed by atoms with van der Waals surface area (Å²) < 4.78 is 38.4. The van der Waals surface area contributed by atoms with Crippen molar-refractivity contribution < 1.29 is 27.5 Å². The third-order valence-corrected chi connectivity index (χ3v) is 8.87. The van der Waals surface area contributed by atoms with Crippen molar-refractivity contribution in [3.05, 3.63) is 53.1 Å². The van der Waals surface area contributed by atoms with Gasteiger partial charge in [-0.15, -0.1) is 0 Å². The van der Waals surface area contributed by atoms with Crippen LogP contribution in [0.2, 0.25) is 5.02 Å². The maximum Gasteiger partial charge on any atom is 0.316 e. The largest absolute Gasteiger partial charge is 0.492 e. The number of ether oxygens (including phenoxy) is 2. The third-order valence-electron chi connectivity index (χ3n) is 6.72. The molecule has 1 atom stereocenters. The SMILES string of the molecule is CCOC(=O)C1(c2ccc(NC(=O)[C@@H]3CCCN(S(=O)(=O)c4ccc(OCC)c(Cl)c4)C3)cc2)CC1. The van der Waals surface area contributed by atoms with Crippen molar-refractivity contribution in [2.24, 2.45) is 5.92 Å². The van der Waals surface area contributed by atoms with Crippen molar-refractivity contribution in [1.29, 1.82) is 0 Å². The predicted molar refractivity (Wildman–Crippen MR) is 137 cm³/mol. The van der Waals surface area contributed by atoms with Crippen LogP contribution >= 0.6 is 11.6 Å². The minimum atomic E-state index is -3.81. The second-order valence-corrected chi connectivity index (χ2v) is 11.4. The Balaban J connectivity index is 1.41. The second-order valence-electron chi connectivity index (χ2n) is 9.10. The molecule has 0 aromatic heterocycles. The summed E-state index contributed by atoms with van der Waals surface area (Å²) in [5.41, 5.74) is 0.908. The van der Waals surface area contributed by atoms with Crippen LogP contribution in [0.25, 0.3) is 0 Å². The van der Waals surface area contributed by atoms with Crippen LogP contribution in [0.15, 0.2) is 47.4 Å². The lowest BCUT2D eigenvalue weighted by molar-refractivity contribution is -0.146. The Bertz CT molecular complexity index is 1230. The first-order valence-electron chi connectivity index (χ1n) is 12.2. The van der Waals surface area contributed by atoms with E-state index in [0.29, 0.717) is 44.0 Å². The van der Waals surface area contributed by atoms with Crippen molar-refractivity contribution in [2.45, 2.75) is 49.8 Å². The number of benzene rings is 2. The molecule has 2 aromatic rings. The van der Waals surface area contributed by atoms with Crippen LogP contribution in [-0.4, -0.2) is 50.9 Å². The Kier molecular flexibility index (Phi) is 7.92. The topological polar surface area (TPSA) is 102 Å². The molecule has 36 heavy (non-hydrogen) atoms. The molecule has 1 saturated heterocycles. The quantitative estimate of drug-likeness (QED) is 0.479. The molecule has 1 N–H and O–H groups in total. The summed E-state index contributed by atoms with van der Waals surface area (Å²) in [6.07, 6.45) is 2.67. The lowest BCUT2D eigenvalue weighted by Gasteiger charge is -2.31. The highest BCUT2D eigenvalue weighted by atomic mass is 35.5. The Morgan fingerprint density at radius 3 is 2.44 bits per heavy atom. The van der Waals surface area contributed by atoms with Gasteiger partial charge in [-0.1, -0.05) is 23.7 Å². The maximum absolute atomic E-state index is 13.2. The number of sulfonamides is 1. The lowest BCUT2D eigenvalue weighted by atomic mass is 9.95. The molecule has 194 valence electrons. The van der Waals surface area contributed by atoms with E-state index >= 15 is 0 Å². The fourth-order valence-electron chi connectivity index (χ4n) is 4.56. The normalized spacial score (nSPS) is 19.4. The van der Waals surface area contributed by atoms with E-state index in [1.807, 2.05) is 19.1 Å². The number of hydrogen-bond donors (Lipinski definition) is 1. The molecular weight excluding hydrogens is 504 g/mol. The number of halogens is 1. The number of carbonyl (C=O) groups is 2. The summed E-state index contributed by atoms with van der Waals surface area (Å²) in [5.74, 6) is -0.506. The number of piperidine rings is 1. The van der Waals surface area contributed by atoms with Gasteiger partial charge in [0.1, 0.15) is 5.75 Å². The van der Waals surface area contributed by atoms with Crippen molar-refractivity contribution in [3.8, 4) is 5.75 Å². The highest BCUT2D eigenvalue weighted by molar-refractivity contribution is 7.89. The molecule has 1 saturated carbocycles. The van der Waals surface area contributed by atoms with Gasteiger partial charge in [0.15, 0.2) is 0 Å². The second kappa shape index (κ2) is 10.8. The predicted octanol–water partition coefficient (Wildman–Crippen LogP) is 4.37. The molecule has 2 aliphatic rings. The number of nitrogens with zero attached hydrogens (tertiary/aromatic N) is 1. The minimum Gasteiger partial charge on any atom is -0.492 e. The fraction of sp³-hybridized carbons (Fsp3) is 0.462. The molecule has 2 fully saturated rings. The number of nitrogens with one attached hydrogen (secondary N) is 1. The van der Waals surface area contributed by atoms with Gasteiger partial charge in [0, 0.05) is 18.8 Å². The van der Waals surface area contributed by atoms with Crippen molar-refractivity contribution in [2.75, 3.05) is 31.6 Å². The summed E-state index contributed by atoms with van der Waals surface area (Å²) in [6, 6.07) is 11.6. The number of amides is 1. The van der Waals surface area contributed by atoms with Crippen molar-refractivity contribution >= 4 is 39.2 Å². The number of rotatable bonds is 9. The van der Waals surface area contributed by atoms with E-state index in [-0.39, 0.29) is 28.3 Å². The average molecular weight is 535 g/mol. The lowest BCUT2D eigenvalue weighted by Crippen LogP contribution is -2.43. The van der Waals surface area contributed by atoms with Gasteiger partial charge in [-0.3, -0.25) is 9.59 Å². The zero-order valence-electron chi connectivity index (χ0n) is 20.5.